The molecule has 0 amide bonds. The first-order valence-electron chi connectivity index (χ1n) is 7.44. The van der Waals surface area contributed by atoms with Gasteiger partial charge in [-0.25, -0.2) is 0 Å². The van der Waals surface area contributed by atoms with E-state index in [1.807, 2.05) is 13.8 Å². The van der Waals surface area contributed by atoms with Crippen molar-refractivity contribution in [1.82, 2.24) is 4.90 Å². The standard InChI is InChI=1S/C16H29N3O/c1-7-16(5,6)13(4)18-14(12(2)3)15(17)19-8-10-20-11-9-19/h17H,7-11H2,1-6H3. The number of amidine groups is 1. The smallest absolute Gasteiger partial charge is 0.147 e. The predicted octanol–water partition coefficient (Wildman–Crippen LogP) is 3.49. The summed E-state index contributed by atoms with van der Waals surface area (Å²) in [4.78, 5) is 6.84. The molecule has 20 heavy (non-hydrogen) atoms. The summed E-state index contributed by atoms with van der Waals surface area (Å²) in [5, 5.41) is 8.43. The third kappa shape index (κ3) is 4.17. The second-order valence-electron chi connectivity index (χ2n) is 6.23. The molecule has 0 aromatic rings. The van der Waals surface area contributed by atoms with E-state index in [0.29, 0.717) is 19.0 Å². The molecule has 1 N–H and O–H groups in total. The van der Waals surface area contributed by atoms with Gasteiger partial charge in [0.25, 0.3) is 0 Å². The Labute approximate surface area is 123 Å². The first-order valence-corrected chi connectivity index (χ1v) is 7.44. The SMILES string of the molecule is CCC(C)(C)C(C)=NC(C(=N)N1CCOCC1)=C(C)C. The molecular weight excluding hydrogens is 250 g/mol. The minimum atomic E-state index is 0.0754. The molecule has 0 bridgehead atoms. The normalized spacial score (nSPS) is 17.1. The summed E-state index contributed by atoms with van der Waals surface area (Å²) in [5.41, 5.74) is 3.07. The number of hydrogen-bond acceptors (Lipinski definition) is 3. The second-order valence-corrected chi connectivity index (χ2v) is 6.23. The van der Waals surface area contributed by atoms with Gasteiger partial charge in [-0.15, -0.1) is 0 Å². The number of morpholine rings is 1. The third-order valence-corrected chi connectivity index (χ3v) is 4.17. The molecule has 0 radical (unpaired) electrons. The van der Waals surface area contributed by atoms with E-state index in [1.165, 1.54) is 0 Å². The Balaban J connectivity index is 2.99. The number of nitrogens with zero attached hydrogens (tertiary/aromatic N) is 2. The molecule has 0 atom stereocenters. The Morgan fingerprint density at radius 1 is 1.20 bits per heavy atom. The van der Waals surface area contributed by atoms with Crippen molar-refractivity contribution in [1.29, 1.82) is 5.41 Å². The van der Waals surface area contributed by atoms with E-state index in [-0.39, 0.29) is 5.41 Å². The molecule has 1 saturated heterocycles. The minimum absolute atomic E-state index is 0.0754. The van der Waals surface area contributed by atoms with Gasteiger partial charge in [0, 0.05) is 24.2 Å². The molecule has 0 unspecified atom stereocenters. The maximum absolute atomic E-state index is 8.43. The molecule has 0 spiro atoms. The highest BCUT2D eigenvalue weighted by atomic mass is 16.5. The highest BCUT2D eigenvalue weighted by molar-refractivity contribution is 6.00. The lowest BCUT2D eigenvalue weighted by molar-refractivity contribution is 0.0678. The van der Waals surface area contributed by atoms with Crippen molar-refractivity contribution < 1.29 is 4.74 Å². The summed E-state index contributed by atoms with van der Waals surface area (Å²) in [7, 11) is 0. The average Bonchev–Trinajstić information content (AvgIpc) is 2.44. The quantitative estimate of drug-likeness (QED) is 0.632. The molecule has 4 nitrogen and oxygen atoms in total. The first-order chi connectivity index (χ1) is 9.29. The van der Waals surface area contributed by atoms with Crippen LogP contribution in [0.3, 0.4) is 0 Å². The van der Waals surface area contributed by atoms with Crippen LogP contribution in [-0.4, -0.2) is 42.8 Å². The van der Waals surface area contributed by atoms with Crippen LogP contribution in [0.2, 0.25) is 0 Å². The number of aliphatic imine (C=N–C) groups is 1. The molecule has 0 aliphatic carbocycles. The summed E-state index contributed by atoms with van der Waals surface area (Å²) in [6.07, 6.45) is 1.04. The number of hydrogen-bond donors (Lipinski definition) is 1. The molecule has 0 aromatic heterocycles. The van der Waals surface area contributed by atoms with Gasteiger partial charge in [-0.2, -0.15) is 0 Å². The number of nitrogens with one attached hydrogen (secondary N) is 1. The molecule has 4 heteroatoms. The van der Waals surface area contributed by atoms with Crippen LogP contribution in [0.15, 0.2) is 16.3 Å². The maximum atomic E-state index is 8.43. The number of rotatable bonds is 4. The zero-order chi connectivity index (χ0) is 15.3. The van der Waals surface area contributed by atoms with E-state index in [2.05, 4.69) is 32.6 Å². The molecule has 0 aromatic carbocycles. The summed E-state index contributed by atoms with van der Waals surface area (Å²) in [6, 6.07) is 0. The molecule has 1 fully saturated rings. The fraction of sp³-hybridized carbons (Fsp3) is 0.750. The van der Waals surface area contributed by atoms with Gasteiger partial charge in [0.1, 0.15) is 11.5 Å². The van der Waals surface area contributed by atoms with Crippen LogP contribution in [0.25, 0.3) is 0 Å². The van der Waals surface area contributed by atoms with Gasteiger partial charge in [-0.05, 0) is 32.8 Å². The molecule has 1 aliphatic heterocycles. The Morgan fingerprint density at radius 3 is 2.20 bits per heavy atom. The summed E-state index contributed by atoms with van der Waals surface area (Å²) >= 11 is 0. The van der Waals surface area contributed by atoms with E-state index >= 15 is 0 Å². The molecule has 0 saturated carbocycles. The van der Waals surface area contributed by atoms with Crippen LogP contribution in [0.5, 0.6) is 0 Å². The zero-order valence-corrected chi connectivity index (χ0v) is 13.8. The second kappa shape index (κ2) is 7.02. The van der Waals surface area contributed by atoms with E-state index in [4.69, 9.17) is 15.1 Å². The topological polar surface area (TPSA) is 48.7 Å². The van der Waals surface area contributed by atoms with Crippen molar-refractivity contribution in [2.24, 2.45) is 10.4 Å². The minimum Gasteiger partial charge on any atom is -0.378 e. The first kappa shape index (κ1) is 16.9. The number of ether oxygens (including phenoxy) is 1. The van der Waals surface area contributed by atoms with Gasteiger partial charge in [0.05, 0.1) is 13.2 Å². The lowest BCUT2D eigenvalue weighted by Gasteiger charge is -2.30. The van der Waals surface area contributed by atoms with Crippen LogP contribution in [0.1, 0.15) is 48.0 Å². The Hall–Kier alpha value is -1.16. The Morgan fingerprint density at radius 2 is 1.75 bits per heavy atom. The molecule has 1 heterocycles. The Kier molecular flexibility index (Phi) is 5.93. The molecule has 114 valence electrons. The van der Waals surface area contributed by atoms with Crippen LogP contribution in [-0.2, 0) is 4.74 Å². The monoisotopic (exact) mass is 279 g/mol. The van der Waals surface area contributed by atoms with E-state index < -0.39 is 0 Å². The van der Waals surface area contributed by atoms with Crippen molar-refractivity contribution in [2.75, 3.05) is 26.3 Å². The highest BCUT2D eigenvalue weighted by Gasteiger charge is 2.22. The molecular formula is C16H29N3O. The van der Waals surface area contributed by atoms with Crippen molar-refractivity contribution in [3.63, 3.8) is 0 Å². The zero-order valence-electron chi connectivity index (χ0n) is 13.8. The fourth-order valence-electron chi connectivity index (χ4n) is 1.91. The van der Waals surface area contributed by atoms with E-state index in [1.54, 1.807) is 0 Å². The van der Waals surface area contributed by atoms with Crippen LogP contribution in [0, 0.1) is 10.8 Å². The summed E-state index contributed by atoms with van der Waals surface area (Å²) in [6.45, 7) is 15.7. The largest absolute Gasteiger partial charge is 0.378 e. The maximum Gasteiger partial charge on any atom is 0.147 e. The van der Waals surface area contributed by atoms with E-state index in [9.17, 15) is 0 Å². The van der Waals surface area contributed by atoms with Crippen LogP contribution < -0.4 is 0 Å². The van der Waals surface area contributed by atoms with Gasteiger partial charge >= 0.3 is 0 Å². The number of allylic oxidation sites excluding steroid dienone is 1. The summed E-state index contributed by atoms with van der Waals surface area (Å²) in [5.74, 6) is 0.527. The lowest BCUT2D eigenvalue weighted by Crippen LogP contribution is -2.41. The predicted molar refractivity (Wildman–Crippen MR) is 85.7 cm³/mol. The molecule has 1 aliphatic rings. The van der Waals surface area contributed by atoms with Gasteiger partial charge in [0.2, 0.25) is 0 Å². The highest BCUT2D eigenvalue weighted by Crippen LogP contribution is 2.24. The van der Waals surface area contributed by atoms with Crippen molar-refractivity contribution in [2.45, 2.75) is 48.0 Å². The van der Waals surface area contributed by atoms with Crippen LogP contribution in [0.4, 0.5) is 0 Å². The average molecular weight is 279 g/mol. The lowest BCUT2D eigenvalue weighted by atomic mass is 9.85. The van der Waals surface area contributed by atoms with E-state index in [0.717, 1.165) is 36.5 Å². The third-order valence-electron chi connectivity index (χ3n) is 4.17. The van der Waals surface area contributed by atoms with Crippen molar-refractivity contribution in [3.8, 4) is 0 Å². The van der Waals surface area contributed by atoms with Gasteiger partial charge < -0.3 is 9.64 Å². The van der Waals surface area contributed by atoms with Crippen LogP contribution >= 0.6 is 0 Å². The fourth-order valence-corrected chi connectivity index (χ4v) is 1.91. The van der Waals surface area contributed by atoms with Gasteiger partial charge in [-0.3, -0.25) is 10.4 Å². The van der Waals surface area contributed by atoms with Crippen molar-refractivity contribution in [3.05, 3.63) is 11.3 Å². The van der Waals surface area contributed by atoms with Gasteiger partial charge in [-0.1, -0.05) is 20.8 Å². The van der Waals surface area contributed by atoms with Crippen molar-refractivity contribution >= 4 is 11.5 Å². The molecule has 1 rings (SSSR count). The summed E-state index contributed by atoms with van der Waals surface area (Å²) < 4.78 is 5.35. The Bertz CT molecular complexity index is 411. The van der Waals surface area contributed by atoms with Gasteiger partial charge in [0.15, 0.2) is 0 Å².